The molecule has 0 unspecified atom stereocenters. The van der Waals surface area contributed by atoms with Crippen molar-refractivity contribution >= 4 is 11.4 Å². The largest absolute Gasteiger partial charge is 0.399 e. The summed E-state index contributed by atoms with van der Waals surface area (Å²) in [5, 5.41) is 0. The van der Waals surface area contributed by atoms with Gasteiger partial charge >= 0.3 is 0 Å². The van der Waals surface area contributed by atoms with Gasteiger partial charge in [0.25, 0.3) is 0 Å². The van der Waals surface area contributed by atoms with Gasteiger partial charge in [-0.1, -0.05) is 30.3 Å². The Morgan fingerprint density at radius 2 is 1.57 bits per heavy atom. The summed E-state index contributed by atoms with van der Waals surface area (Å²) in [6.45, 7) is 7.62. The number of para-hydroxylation sites is 1. The summed E-state index contributed by atoms with van der Waals surface area (Å²) in [5.41, 5.74) is 10.7. The van der Waals surface area contributed by atoms with Crippen LogP contribution in [-0.4, -0.2) is 31.1 Å². The Hall–Kier alpha value is -2.00. The van der Waals surface area contributed by atoms with Gasteiger partial charge in [0.05, 0.1) is 0 Å². The van der Waals surface area contributed by atoms with Crippen LogP contribution in [0.2, 0.25) is 0 Å². The zero-order valence-corrected chi connectivity index (χ0v) is 12.6. The van der Waals surface area contributed by atoms with Gasteiger partial charge in [-0.3, -0.25) is 4.90 Å². The summed E-state index contributed by atoms with van der Waals surface area (Å²) in [4.78, 5) is 5.01. The lowest BCUT2D eigenvalue weighted by Crippen LogP contribution is -2.46. The van der Waals surface area contributed by atoms with Crippen LogP contribution in [0.25, 0.3) is 0 Å². The predicted molar refractivity (Wildman–Crippen MR) is 89.5 cm³/mol. The molecule has 0 amide bonds. The van der Waals surface area contributed by atoms with Gasteiger partial charge in [0.2, 0.25) is 0 Å². The van der Waals surface area contributed by atoms with E-state index in [1.807, 2.05) is 12.1 Å². The fraction of sp³-hybridized carbons (Fsp3) is 0.333. The molecule has 3 nitrogen and oxygen atoms in total. The van der Waals surface area contributed by atoms with Crippen LogP contribution in [0.1, 0.15) is 11.1 Å². The van der Waals surface area contributed by atoms with Crippen molar-refractivity contribution in [3.63, 3.8) is 0 Å². The molecule has 1 heterocycles. The molecule has 0 bridgehead atoms. The first kappa shape index (κ1) is 14.0. The van der Waals surface area contributed by atoms with Gasteiger partial charge in [0, 0.05) is 44.1 Å². The molecule has 0 aromatic heterocycles. The minimum absolute atomic E-state index is 0.836. The third-order valence-corrected chi connectivity index (χ3v) is 4.21. The number of rotatable bonds is 3. The zero-order valence-electron chi connectivity index (χ0n) is 12.6. The molecule has 2 aromatic rings. The third-order valence-electron chi connectivity index (χ3n) is 4.21. The fourth-order valence-corrected chi connectivity index (χ4v) is 2.95. The van der Waals surface area contributed by atoms with Crippen LogP contribution in [0.5, 0.6) is 0 Å². The lowest BCUT2D eigenvalue weighted by molar-refractivity contribution is 0.250. The Labute approximate surface area is 127 Å². The van der Waals surface area contributed by atoms with E-state index in [0.29, 0.717) is 0 Å². The predicted octanol–water partition coefficient (Wildman–Crippen LogP) is 2.90. The molecule has 2 aromatic carbocycles. The number of nitrogens with zero attached hydrogens (tertiary/aromatic N) is 2. The first-order chi connectivity index (χ1) is 10.2. The number of piperazine rings is 1. The second kappa shape index (κ2) is 6.19. The van der Waals surface area contributed by atoms with Crippen LogP contribution in [0.4, 0.5) is 11.4 Å². The lowest BCUT2D eigenvalue weighted by atomic mass is 10.1. The summed E-state index contributed by atoms with van der Waals surface area (Å²) in [5.74, 6) is 0. The van der Waals surface area contributed by atoms with Crippen molar-refractivity contribution in [2.45, 2.75) is 13.5 Å². The second-order valence-electron chi connectivity index (χ2n) is 5.79. The van der Waals surface area contributed by atoms with Crippen molar-refractivity contribution in [1.29, 1.82) is 0 Å². The molecule has 0 aliphatic carbocycles. The van der Waals surface area contributed by atoms with E-state index in [-0.39, 0.29) is 0 Å². The molecule has 1 fully saturated rings. The molecule has 3 heteroatoms. The Balaban J connectivity index is 1.58. The van der Waals surface area contributed by atoms with Crippen LogP contribution in [0, 0.1) is 6.92 Å². The summed E-state index contributed by atoms with van der Waals surface area (Å²) >= 11 is 0. The van der Waals surface area contributed by atoms with Gasteiger partial charge in [-0.15, -0.1) is 0 Å². The maximum absolute atomic E-state index is 5.74. The van der Waals surface area contributed by atoms with E-state index in [2.05, 4.69) is 53.1 Å². The second-order valence-corrected chi connectivity index (χ2v) is 5.79. The van der Waals surface area contributed by atoms with Crippen molar-refractivity contribution in [1.82, 2.24) is 4.90 Å². The van der Waals surface area contributed by atoms with Gasteiger partial charge in [0.15, 0.2) is 0 Å². The van der Waals surface area contributed by atoms with E-state index in [9.17, 15) is 0 Å². The summed E-state index contributed by atoms with van der Waals surface area (Å²) in [7, 11) is 0. The Kier molecular flexibility index (Phi) is 4.11. The minimum atomic E-state index is 0.836. The summed E-state index contributed by atoms with van der Waals surface area (Å²) < 4.78 is 0. The molecule has 1 saturated heterocycles. The van der Waals surface area contributed by atoms with Crippen LogP contribution in [0.15, 0.2) is 48.5 Å². The normalized spacial score (nSPS) is 16.1. The maximum Gasteiger partial charge on any atom is 0.0396 e. The smallest absolute Gasteiger partial charge is 0.0396 e. The van der Waals surface area contributed by atoms with E-state index in [4.69, 9.17) is 5.73 Å². The summed E-state index contributed by atoms with van der Waals surface area (Å²) in [6.07, 6.45) is 0. The topological polar surface area (TPSA) is 32.5 Å². The fourth-order valence-electron chi connectivity index (χ4n) is 2.95. The Bertz CT molecular complexity index is 584. The molecule has 0 atom stereocenters. The Morgan fingerprint density at radius 1 is 0.905 bits per heavy atom. The molecule has 110 valence electrons. The van der Waals surface area contributed by atoms with E-state index < -0.39 is 0 Å². The first-order valence-electron chi connectivity index (χ1n) is 7.60. The number of benzene rings is 2. The highest BCUT2D eigenvalue weighted by atomic mass is 15.3. The van der Waals surface area contributed by atoms with E-state index in [1.165, 1.54) is 16.8 Å². The van der Waals surface area contributed by atoms with Gasteiger partial charge < -0.3 is 10.6 Å². The van der Waals surface area contributed by atoms with Gasteiger partial charge in [-0.2, -0.15) is 0 Å². The monoisotopic (exact) mass is 281 g/mol. The molecular formula is C18H23N3. The van der Waals surface area contributed by atoms with E-state index >= 15 is 0 Å². The van der Waals surface area contributed by atoms with Crippen molar-refractivity contribution in [2.75, 3.05) is 36.8 Å². The SMILES string of the molecule is Cc1ccccc1N1CCN(Cc2ccc(N)cc2)CC1. The number of hydrogen-bond acceptors (Lipinski definition) is 3. The molecule has 2 N–H and O–H groups in total. The van der Waals surface area contributed by atoms with Crippen molar-refractivity contribution in [2.24, 2.45) is 0 Å². The summed E-state index contributed by atoms with van der Waals surface area (Å²) in [6, 6.07) is 16.9. The van der Waals surface area contributed by atoms with Gasteiger partial charge in [-0.25, -0.2) is 0 Å². The minimum Gasteiger partial charge on any atom is -0.399 e. The molecule has 21 heavy (non-hydrogen) atoms. The Morgan fingerprint density at radius 3 is 2.24 bits per heavy atom. The number of nitrogens with two attached hydrogens (primary N) is 1. The molecule has 1 aliphatic rings. The lowest BCUT2D eigenvalue weighted by Gasteiger charge is -2.36. The third kappa shape index (κ3) is 3.37. The van der Waals surface area contributed by atoms with Crippen LogP contribution in [-0.2, 0) is 6.54 Å². The standard InChI is InChI=1S/C18H23N3/c1-15-4-2-3-5-18(15)21-12-10-20(11-13-21)14-16-6-8-17(19)9-7-16/h2-9H,10-14,19H2,1H3. The van der Waals surface area contributed by atoms with Crippen molar-refractivity contribution in [3.8, 4) is 0 Å². The molecule has 0 spiro atoms. The van der Waals surface area contributed by atoms with Crippen LogP contribution < -0.4 is 10.6 Å². The van der Waals surface area contributed by atoms with Crippen molar-refractivity contribution < 1.29 is 0 Å². The molecule has 0 saturated carbocycles. The average Bonchev–Trinajstić information content (AvgIpc) is 2.51. The van der Waals surface area contributed by atoms with Crippen LogP contribution >= 0.6 is 0 Å². The van der Waals surface area contributed by atoms with Gasteiger partial charge in [-0.05, 0) is 36.2 Å². The number of hydrogen-bond donors (Lipinski definition) is 1. The zero-order chi connectivity index (χ0) is 14.7. The quantitative estimate of drug-likeness (QED) is 0.878. The molecule has 0 radical (unpaired) electrons. The highest BCUT2D eigenvalue weighted by molar-refractivity contribution is 5.53. The van der Waals surface area contributed by atoms with Crippen LogP contribution in [0.3, 0.4) is 0 Å². The molecule has 1 aliphatic heterocycles. The van der Waals surface area contributed by atoms with Gasteiger partial charge in [0.1, 0.15) is 0 Å². The highest BCUT2D eigenvalue weighted by Gasteiger charge is 2.18. The van der Waals surface area contributed by atoms with Crippen molar-refractivity contribution in [3.05, 3.63) is 59.7 Å². The average molecular weight is 281 g/mol. The number of aryl methyl sites for hydroxylation is 1. The highest BCUT2D eigenvalue weighted by Crippen LogP contribution is 2.21. The molecular weight excluding hydrogens is 258 g/mol. The van der Waals surface area contributed by atoms with E-state index in [0.717, 1.165) is 38.4 Å². The van der Waals surface area contributed by atoms with E-state index in [1.54, 1.807) is 0 Å². The number of anilines is 2. The number of nitrogen functional groups attached to an aromatic ring is 1. The maximum atomic E-state index is 5.74. The first-order valence-corrected chi connectivity index (χ1v) is 7.60. The molecule has 3 rings (SSSR count).